The number of nitrogens with zero attached hydrogens (tertiary/aromatic N) is 2. The lowest BCUT2D eigenvalue weighted by Gasteiger charge is -2.27. The van der Waals surface area contributed by atoms with Crippen molar-refractivity contribution < 1.29 is 0 Å². The number of nitrogen functional groups attached to an aromatic ring is 1. The lowest BCUT2D eigenvalue weighted by molar-refractivity contribution is 0.240. The SMILES string of the molecule is Nc1ccc(-c2nc3c(c(=O)[nH]2)CN(Cc2c[nH]c(=O)[nH]c2=O)CC3)cc1. The molecule has 0 fully saturated rings. The molecule has 3 aromatic rings. The van der Waals surface area contributed by atoms with E-state index >= 15 is 0 Å². The summed E-state index contributed by atoms with van der Waals surface area (Å²) in [7, 11) is 0. The maximum absolute atomic E-state index is 12.6. The van der Waals surface area contributed by atoms with Crippen molar-refractivity contribution >= 4 is 5.69 Å². The second kappa shape index (κ2) is 6.69. The Hall–Kier alpha value is -3.46. The van der Waals surface area contributed by atoms with E-state index < -0.39 is 11.2 Å². The van der Waals surface area contributed by atoms with Crippen molar-refractivity contribution in [1.82, 2.24) is 24.8 Å². The van der Waals surface area contributed by atoms with Gasteiger partial charge in [-0.2, -0.15) is 0 Å². The van der Waals surface area contributed by atoms with Gasteiger partial charge >= 0.3 is 5.69 Å². The minimum absolute atomic E-state index is 0.188. The Morgan fingerprint density at radius 3 is 2.59 bits per heavy atom. The van der Waals surface area contributed by atoms with Crippen molar-refractivity contribution in [1.29, 1.82) is 0 Å². The summed E-state index contributed by atoms with van der Waals surface area (Å²) < 4.78 is 0. The fraction of sp³-hybridized carbons (Fsp3) is 0.222. The lowest BCUT2D eigenvalue weighted by atomic mass is 10.1. The molecule has 9 heteroatoms. The van der Waals surface area contributed by atoms with E-state index in [1.807, 2.05) is 17.0 Å². The number of hydrogen-bond acceptors (Lipinski definition) is 6. The highest BCUT2D eigenvalue weighted by Gasteiger charge is 2.22. The van der Waals surface area contributed by atoms with Crippen LogP contribution in [-0.2, 0) is 19.5 Å². The number of aromatic nitrogens is 4. The Bertz CT molecular complexity index is 1160. The normalized spacial score (nSPS) is 14.1. The first-order valence-electron chi connectivity index (χ1n) is 8.51. The summed E-state index contributed by atoms with van der Waals surface area (Å²) in [6, 6.07) is 7.16. The second-order valence-corrected chi connectivity index (χ2v) is 6.52. The predicted octanol–water partition coefficient (Wildman–Crippen LogP) is -0.0460. The molecule has 4 rings (SSSR count). The quantitative estimate of drug-likeness (QED) is 0.479. The van der Waals surface area contributed by atoms with Gasteiger partial charge in [0.1, 0.15) is 5.82 Å². The Labute approximate surface area is 152 Å². The van der Waals surface area contributed by atoms with E-state index in [-0.39, 0.29) is 5.56 Å². The van der Waals surface area contributed by atoms with Gasteiger partial charge in [-0.15, -0.1) is 0 Å². The van der Waals surface area contributed by atoms with Gasteiger partial charge in [0.2, 0.25) is 0 Å². The van der Waals surface area contributed by atoms with Crippen LogP contribution in [-0.4, -0.2) is 31.4 Å². The first kappa shape index (κ1) is 17.0. The molecule has 0 aliphatic carbocycles. The van der Waals surface area contributed by atoms with Crippen molar-refractivity contribution in [3.8, 4) is 11.4 Å². The number of fused-ring (bicyclic) bond motifs is 1. The molecule has 0 bridgehead atoms. The molecule has 27 heavy (non-hydrogen) atoms. The average molecular weight is 366 g/mol. The smallest absolute Gasteiger partial charge is 0.325 e. The molecular formula is C18H18N6O3. The Morgan fingerprint density at radius 1 is 1.07 bits per heavy atom. The van der Waals surface area contributed by atoms with Crippen LogP contribution >= 0.6 is 0 Å². The van der Waals surface area contributed by atoms with Crippen LogP contribution < -0.4 is 22.5 Å². The first-order chi connectivity index (χ1) is 13.0. The van der Waals surface area contributed by atoms with Gasteiger partial charge in [-0.25, -0.2) is 9.78 Å². The van der Waals surface area contributed by atoms with Crippen LogP contribution in [0.5, 0.6) is 0 Å². The molecule has 0 saturated carbocycles. The highest BCUT2D eigenvalue weighted by atomic mass is 16.2. The summed E-state index contributed by atoms with van der Waals surface area (Å²) in [6.07, 6.45) is 2.01. The zero-order valence-electron chi connectivity index (χ0n) is 14.4. The molecule has 1 aromatic carbocycles. The van der Waals surface area contributed by atoms with Crippen molar-refractivity contribution in [3.05, 3.63) is 78.5 Å². The molecule has 0 amide bonds. The molecule has 9 nitrogen and oxygen atoms in total. The van der Waals surface area contributed by atoms with Crippen molar-refractivity contribution in [2.45, 2.75) is 19.5 Å². The zero-order chi connectivity index (χ0) is 19.0. The van der Waals surface area contributed by atoms with Gasteiger partial charge in [-0.1, -0.05) is 0 Å². The molecule has 1 aliphatic heterocycles. The van der Waals surface area contributed by atoms with Crippen LogP contribution in [0.25, 0.3) is 11.4 Å². The van der Waals surface area contributed by atoms with Gasteiger partial charge in [0.05, 0.1) is 11.3 Å². The van der Waals surface area contributed by atoms with Gasteiger partial charge in [0.15, 0.2) is 0 Å². The van der Waals surface area contributed by atoms with Gasteiger partial charge in [0.25, 0.3) is 11.1 Å². The molecule has 0 saturated heterocycles. The van der Waals surface area contributed by atoms with Gasteiger partial charge in [-0.05, 0) is 24.3 Å². The summed E-state index contributed by atoms with van der Waals surface area (Å²) >= 11 is 0. The van der Waals surface area contributed by atoms with Crippen molar-refractivity contribution in [2.75, 3.05) is 12.3 Å². The van der Waals surface area contributed by atoms with E-state index in [4.69, 9.17) is 5.73 Å². The molecule has 3 heterocycles. The van der Waals surface area contributed by atoms with Crippen LogP contribution in [0.1, 0.15) is 16.8 Å². The molecule has 0 spiro atoms. The molecule has 1 aliphatic rings. The van der Waals surface area contributed by atoms with Crippen LogP contribution in [0.4, 0.5) is 5.69 Å². The van der Waals surface area contributed by atoms with Crippen LogP contribution in [0.3, 0.4) is 0 Å². The number of hydrogen-bond donors (Lipinski definition) is 4. The summed E-state index contributed by atoms with van der Waals surface area (Å²) in [5.74, 6) is 0.518. The first-order valence-corrected chi connectivity index (χ1v) is 8.51. The van der Waals surface area contributed by atoms with Gasteiger partial charge in [0, 0.05) is 49.1 Å². The molecule has 5 N–H and O–H groups in total. The third-order valence-electron chi connectivity index (χ3n) is 4.62. The fourth-order valence-corrected chi connectivity index (χ4v) is 3.19. The minimum Gasteiger partial charge on any atom is -0.399 e. The highest BCUT2D eigenvalue weighted by Crippen LogP contribution is 2.20. The fourth-order valence-electron chi connectivity index (χ4n) is 3.19. The average Bonchev–Trinajstić information content (AvgIpc) is 2.65. The van der Waals surface area contributed by atoms with Gasteiger partial charge in [-0.3, -0.25) is 19.5 Å². The second-order valence-electron chi connectivity index (χ2n) is 6.52. The van der Waals surface area contributed by atoms with Crippen molar-refractivity contribution in [3.63, 3.8) is 0 Å². The largest absolute Gasteiger partial charge is 0.399 e. The maximum Gasteiger partial charge on any atom is 0.325 e. The number of rotatable bonds is 3. The van der Waals surface area contributed by atoms with Crippen LogP contribution in [0.15, 0.2) is 44.8 Å². The van der Waals surface area contributed by atoms with E-state index in [2.05, 4.69) is 19.9 Å². The van der Waals surface area contributed by atoms with Crippen molar-refractivity contribution in [2.24, 2.45) is 0 Å². The van der Waals surface area contributed by atoms with E-state index in [1.165, 1.54) is 6.20 Å². The number of nitrogens with two attached hydrogens (primary N) is 1. The third kappa shape index (κ3) is 3.44. The molecule has 0 radical (unpaired) electrons. The molecular weight excluding hydrogens is 348 g/mol. The number of H-pyrrole nitrogens is 3. The number of anilines is 1. The predicted molar refractivity (Wildman–Crippen MR) is 100 cm³/mol. The van der Waals surface area contributed by atoms with Crippen LogP contribution in [0.2, 0.25) is 0 Å². The molecule has 0 unspecified atom stereocenters. The maximum atomic E-state index is 12.6. The highest BCUT2D eigenvalue weighted by molar-refractivity contribution is 5.58. The van der Waals surface area contributed by atoms with Gasteiger partial charge < -0.3 is 15.7 Å². The molecule has 0 atom stereocenters. The van der Waals surface area contributed by atoms with E-state index in [0.29, 0.717) is 48.7 Å². The third-order valence-corrected chi connectivity index (χ3v) is 4.62. The van der Waals surface area contributed by atoms with E-state index in [9.17, 15) is 14.4 Å². The Morgan fingerprint density at radius 2 is 1.85 bits per heavy atom. The number of nitrogens with one attached hydrogen (secondary N) is 3. The summed E-state index contributed by atoms with van der Waals surface area (Å²) in [5.41, 5.74) is 7.80. The zero-order valence-corrected chi connectivity index (χ0v) is 14.4. The summed E-state index contributed by atoms with van der Waals surface area (Å²) in [5, 5.41) is 0. The molecule has 2 aromatic heterocycles. The Kier molecular flexibility index (Phi) is 4.21. The summed E-state index contributed by atoms with van der Waals surface area (Å²) in [6.45, 7) is 1.38. The topological polar surface area (TPSA) is 141 Å². The summed E-state index contributed by atoms with van der Waals surface area (Å²) in [4.78, 5) is 49.6. The monoisotopic (exact) mass is 366 g/mol. The van der Waals surface area contributed by atoms with Crippen LogP contribution in [0, 0.1) is 0 Å². The minimum atomic E-state index is -0.538. The van der Waals surface area contributed by atoms with E-state index in [1.54, 1.807) is 12.1 Å². The Balaban J connectivity index is 1.60. The number of benzene rings is 1. The van der Waals surface area contributed by atoms with E-state index in [0.717, 1.165) is 11.3 Å². The molecule has 138 valence electrons. The number of aromatic amines is 3. The standard InChI is InChI=1S/C18H18N6O3/c19-12-3-1-10(2-4-12)15-21-14-5-6-24(9-13(14)17(26)22-15)8-11-7-20-18(27)23-16(11)25/h1-4,7H,5-6,8-9,19H2,(H,21,22,26)(H2,20,23,25,27). The lowest BCUT2D eigenvalue weighted by Crippen LogP contribution is -2.37.